The Hall–Kier alpha value is -3.90. The summed E-state index contributed by atoms with van der Waals surface area (Å²) in [5.74, 6) is -0.939. The maximum absolute atomic E-state index is 12.9. The SMILES string of the molecule is O=C(NCc1ccccc1)c1noc(C(=O)NCc2ccccc2)c1-c1ccc(Cl)cc1. The third-order valence-corrected chi connectivity index (χ3v) is 5.09. The molecular formula is C25H20ClN3O3. The fraction of sp³-hybridized carbons (Fsp3) is 0.0800. The lowest BCUT2D eigenvalue weighted by atomic mass is 10.0. The predicted octanol–water partition coefficient (Wildman–Crippen LogP) is 4.86. The van der Waals surface area contributed by atoms with Gasteiger partial charge in [0.2, 0.25) is 5.76 Å². The van der Waals surface area contributed by atoms with Crippen LogP contribution in [0.1, 0.15) is 32.2 Å². The van der Waals surface area contributed by atoms with Crippen molar-refractivity contribution in [2.24, 2.45) is 0 Å². The quantitative estimate of drug-likeness (QED) is 0.425. The van der Waals surface area contributed by atoms with E-state index in [0.717, 1.165) is 11.1 Å². The summed E-state index contributed by atoms with van der Waals surface area (Å²) >= 11 is 6.02. The van der Waals surface area contributed by atoms with E-state index >= 15 is 0 Å². The number of rotatable bonds is 7. The molecule has 0 aliphatic carbocycles. The minimum Gasteiger partial charge on any atom is -0.350 e. The minimum atomic E-state index is -0.464. The lowest BCUT2D eigenvalue weighted by Crippen LogP contribution is -2.25. The monoisotopic (exact) mass is 445 g/mol. The molecule has 0 radical (unpaired) electrons. The van der Waals surface area contributed by atoms with E-state index in [1.807, 2.05) is 60.7 Å². The molecule has 0 spiro atoms. The average Bonchev–Trinajstić information content (AvgIpc) is 3.28. The van der Waals surface area contributed by atoms with Crippen molar-refractivity contribution in [3.63, 3.8) is 0 Å². The number of aromatic nitrogens is 1. The first-order chi connectivity index (χ1) is 15.6. The van der Waals surface area contributed by atoms with E-state index in [2.05, 4.69) is 15.8 Å². The molecule has 7 heteroatoms. The summed E-state index contributed by atoms with van der Waals surface area (Å²) in [6.07, 6.45) is 0. The number of amides is 2. The summed E-state index contributed by atoms with van der Waals surface area (Å²) in [6.45, 7) is 0.637. The van der Waals surface area contributed by atoms with Crippen LogP contribution in [0.25, 0.3) is 11.1 Å². The predicted molar refractivity (Wildman–Crippen MR) is 122 cm³/mol. The Morgan fingerprint density at radius 1 is 0.750 bits per heavy atom. The highest BCUT2D eigenvalue weighted by atomic mass is 35.5. The van der Waals surface area contributed by atoms with Crippen molar-refractivity contribution in [1.82, 2.24) is 15.8 Å². The van der Waals surface area contributed by atoms with Gasteiger partial charge in [-0.15, -0.1) is 0 Å². The number of halogens is 1. The second-order valence-corrected chi connectivity index (χ2v) is 7.52. The Morgan fingerprint density at radius 2 is 1.28 bits per heavy atom. The van der Waals surface area contributed by atoms with Gasteiger partial charge in [-0.1, -0.05) is 89.6 Å². The molecule has 0 aliphatic heterocycles. The Morgan fingerprint density at radius 3 is 1.84 bits per heavy atom. The minimum absolute atomic E-state index is 0.0342. The fourth-order valence-electron chi connectivity index (χ4n) is 3.20. The molecule has 4 rings (SSSR count). The first-order valence-electron chi connectivity index (χ1n) is 10.0. The Labute approximate surface area is 190 Å². The Bertz CT molecular complexity index is 1130. The molecule has 2 amide bonds. The summed E-state index contributed by atoms with van der Waals surface area (Å²) < 4.78 is 5.35. The molecule has 1 aromatic heterocycles. The van der Waals surface area contributed by atoms with E-state index in [4.69, 9.17) is 16.1 Å². The number of carbonyl (C=O) groups is 2. The second kappa shape index (κ2) is 9.94. The highest BCUT2D eigenvalue weighted by molar-refractivity contribution is 6.30. The van der Waals surface area contributed by atoms with Crippen LogP contribution in [0, 0.1) is 0 Å². The van der Waals surface area contributed by atoms with Crippen LogP contribution in [0.2, 0.25) is 5.02 Å². The van der Waals surface area contributed by atoms with Crippen molar-refractivity contribution >= 4 is 23.4 Å². The topological polar surface area (TPSA) is 84.2 Å². The average molecular weight is 446 g/mol. The highest BCUT2D eigenvalue weighted by Gasteiger charge is 2.27. The Balaban J connectivity index is 1.60. The van der Waals surface area contributed by atoms with Crippen molar-refractivity contribution in [3.05, 3.63) is 113 Å². The standard InChI is InChI=1S/C25H20ClN3O3/c26-20-13-11-19(12-14-20)21-22(24(30)27-15-17-7-3-1-4-8-17)29-32-23(21)25(31)28-16-18-9-5-2-6-10-18/h1-14H,15-16H2,(H,27,30)(H,28,31). The van der Waals surface area contributed by atoms with Crippen LogP contribution in [-0.4, -0.2) is 17.0 Å². The zero-order valence-corrected chi connectivity index (χ0v) is 17.8. The van der Waals surface area contributed by atoms with Crippen molar-refractivity contribution < 1.29 is 14.1 Å². The van der Waals surface area contributed by atoms with E-state index in [-0.39, 0.29) is 11.5 Å². The van der Waals surface area contributed by atoms with E-state index in [1.165, 1.54) is 0 Å². The van der Waals surface area contributed by atoms with Crippen LogP contribution in [0.5, 0.6) is 0 Å². The summed E-state index contributed by atoms with van der Waals surface area (Å²) in [6, 6.07) is 25.8. The van der Waals surface area contributed by atoms with E-state index in [1.54, 1.807) is 24.3 Å². The summed E-state index contributed by atoms with van der Waals surface area (Å²) in [5, 5.41) is 10.1. The molecular weight excluding hydrogens is 426 g/mol. The molecule has 4 aromatic rings. The maximum Gasteiger partial charge on any atom is 0.290 e. The van der Waals surface area contributed by atoms with Gasteiger partial charge in [-0.3, -0.25) is 9.59 Å². The molecule has 0 unspecified atom stereocenters. The number of benzene rings is 3. The van der Waals surface area contributed by atoms with Crippen molar-refractivity contribution in [1.29, 1.82) is 0 Å². The first-order valence-corrected chi connectivity index (χ1v) is 10.4. The first kappa shape index (κ1) is 21.3. The summed E-state index contributed by atoms with van der Waals surface area (Å²) in [5.41, 5.74) is 2.84. The lowest BCUT2D eigenvalue weighted by Gasteiger charge is -2.07. The lowest BCUT2D eigenvalue weighted by molar-refractivity contribution is 0.0906. The zero-order chi connectivity index (χ0) is 22.3. The van der Waals surface area contributed by atoms with Crippen LogP contribution in [0.3, 0.4) is 0 Å². The molecule has 0 saturated carbocycles. The summed E-state index contributed by atoms with van der Waals surface area (Å²) in [7, 11) is 0. The normalized spacial score (nSPS) is 10.5. The van der Waals surface area contributed by atoms with Crippen LogP contribution in [-0.2, 0) is 13.1 Å². The third kappa shape index (κ3) is 5.04. The molecule has 3 aromatic carbocycles. The van der Waals surface area contributed by atoms with Gasteiger partial charge in [-0.2, -0.15) is 0 Å². The van der Waals surface area contributed by atoms with Crippen LogP contribution < -0.4 is 10.6 Å². The smallest absolute Gasteiger partial charge is 0.290 e. The van der Waals surface area contributed by atoms with Crippen molar-refractivity contribution in [3.8, 4) is 11.1 Å². The number of carbonyl (C=O) groups excluding carboxylic acids is 2. The number of hydrogen-bond donors (Lipinski definition) is 2. The molecule has 0 atom stereocenters. The van der Waals surface area contributed by atoms with Crippen molar-refractivity contribution in [2.45, 2.75) is 13.1 Å². The number of nitrogens with one attached hydrogen (secondary N) is 2. The molecule has 160 valence electrons. The van der Waals surface area contributed by atoms with E-state index in [0.29, 0.717) is 29.2 Å². The van der Waals surface area contributed by atoms with Gasteiger partial charge in [0.15, 0.2) is 5.69 Å². The third-order valence-electron chi connectivity index (χ3n) is 4.84. The molecule has 0 bridgehead atoms. The van der Waals surface area contributed by atoms with Gasteiger partial charge in [-0.25, -0.2) is 0 Å². The van der Waals surface area contributed by atoms with Gasteiger partial charge in [0.1, 0.15) is 0 Å². The molecule has 1 heterocycles. The molecule has 32 heavy (non-hydrogen) atoms. The molecule has 0 aliphatic rings. The number of hydrogen-bond acceptors (Lipinski definition) is 4. The van der Waals surface area contributed by atoms with E-state index < -0.39 is 11.8 Å². The molecule has 2 N–H and O–H groups in total. The van der Waals surface area contributed by atoms with Crippen LogP contribution in [0.4, 0.5) is 0 Å². The Kier molecular flexibility index (Phi) is 6.63. The molecule has 0 fully saturated rings. The number of nitrogens with zero attached hydrogens (tertiary/aromatic N) is 1. The largest absolute Gasteiger partial charge is 0.350 e. The van der Waals surface area contributed by atoms with Gasteiger partial charge in [0.05, 0.1) is 5.56 Å². The second-order valence-electron chi connectivity index (χ2n) is 7.08. The molecule has 6 nitrogen and oxygen atoms in total. The van der Waals surface area contributed by atoms with Gasteiger partial charge in [0, 0.05) is 18.1 Å². The van der Waals surface area contributed by atoms with Crippen molar-refractivity contribution in [2.75, 3.05) is 0 Å². The molecule has 0 saturated heterocycles. The van der Waals surface area contributed by atoms with Gasteiger partial charge >= 0.3 is 0 Å². The fourth-order valence-corrected chi connectivity index (χ4v) is 3.33. The maximum atomic E-state index is 12.9. The van der Waals surface area contributed by atoms with Crippen LogP contribution >= 0.6 is 11.6 Å². The summed E-state index contributed by atoms with van der Waals surface area (Å²) in [4.78, 5) is 25.8. The highest BCUT2D eigenvalue weighted by Crippen LogP contribution is 2.29. The van der Waals surface area contributed by atoms with Gasteiger partial charge in [-0.05, 0) is 28.8 Å². The van der Waals surface area contributed by atoms with Gasteiger partial charge in [0.25, 0.3) is 11.8 Å². The van der Waals surface area contributed by atoms with E-state index in [9.17, 15) is 9.59 Å². The zero-order valence-electron chi connectivity index (χ0n) is 17.0. The van der Waals surface area contributed by atoms with Gasteiger partial charge < -0.3 is 15.2 Å². The van der Waals surface area contributed by atoms with Crippen LogP contribution in [0.15, 0.2) is 89.5 Å².